The third-order valence-corrected chi connectivity index (χ3v) is 7.56. The number of benzene rings is 1. The number of carbonyl (C=O) groups excluding carboxylic acids is 2. The van der Waals surface area contributed by atoms with E-state index < -0.39 is 0 Å². The molecule has 2 aliphatic heterocycles. The summed E-state index contributed by atoms with van der Waals surface area (Å²) in [5.74, 6) is 1.43. The number of nitrogens with zero attached hydrogens (tertiary/aromatic N) is 1. The lowest BCUT2D eigenvalue weighted by molar-refractivity contribution is -0.959. The van der Waals surface area contributed by atoms with Gasteiger partial charge in [-0.25, -0.2) is 0 Å². The highest BCUT2D eigenvalue weighted by atomic mass is 16.5. The predicted molar refractivity (Wildman–Crippen MR) is 94.8 cm³/mol. The number of Topliss-reactive ketones (excluding diaryl/α,β-unsaturated/α-hetero) is 1. The van der Waals surface area contributed by atoms with Crippen LogP contribution in [0.5, 0.6) is 5.75 Å². The first-order valence-corrected chi connectivity index (χ1v) is 9.67. The van der Waals surface area contributed by atoms with Crippen LogP contribution < -0.4 is 4.74 Å². The largest absolute Gasteiger partial charge is 0.481 e. The molecule has 5 atom stereocenters. The van der Waals surface area contributed by atoms with Gasteiger partial charge in [0, 0.05) is 37.7 Å². The molecule has 26 heavy (non-hydrogen) atoms. The number of piperidine rings is 1. The Labute approximate surface area is 153 Å². The summed E-state index contributed by atoms with van der Waals surface area (Å²) < 4.78 is 12.5. The number of ketones is 1. The van der Waals surface area contributed by atoms with Crippen molar-refractivity contribution in [3.63, 3.8) is 0 Å². The number of likely N-dealkylation sites (N-methyl/N-ethyl adjacent to an activating group) is 1. The molecule has 0 amide bonds. The minimum Gasteiger partial charge on any atom is -0.481 e. The van der Waals surface area contributed by atoms with Crippen molar-refractivity contribution in [1.82, 2.24) is 0 Å². The first-order valence-electron chi connectivity index (χ1n) is 9.67. The Kier molecular flexibility index (Phi) is 3.20. The molecular formula is C21H26NO4+. The van der Waals surface area contributed by atoms with Crippen LogP contribution in [0, 0.1) is 12.8 Å². The minimum atomic E-state index is -0.318. The molecule has 2 aliphatic carbocycles. The summed E-state index contributed by atoms with van der Waals surface area (Å²) in [6.07, 6.45) is 3.09. The van der Waals surface area contributed by atoms with Gasteiger partial charge in [0.2, 0.25) is 6.73 Å². The van der Waals surface area contributed by atoms with Crippen LogP contribution >= 0.6 is 0 Å². The highest BCUT2D eigenvalue weighted by Crippen LogP contribution is 2.62. The monoisotopic (exact) mass is 356 g/mol. The zero-order valence-electron chi connectivity index (χ0n) is 15.7. The third-order valence-electron chi connectivity index (χ3n) is 7.56. The number of ether oxygens (including phenoxy) is 2. The maximum atomic E-state index is 12.8. The van der Waals surface area contributed by atoms with Crippen molar-refractivity contribution in [3.05, 3.63) is 28.8 Å². The lowest BCUT2D eigenvalue weighted by atomic mass is 9.51. The average Bonchev–Trinajstić information content (AvgIpc) is 2.96. The molecular weight excluding hydrogens is 330 g/mol. The predicted octanol–water partition coefficient (Wildman–Crippen LogP) is 2.27. The van der Waals surface area contributed by atoms with Gasteiger partial charge in [-0.1, -0.05) is 12.1 Å². The summed E-state index contributed by atoms with van der Waals surface area (Å²) in [6, 6.07) is 4.72. The number of hydrogen-bond acceptors (Lipinski definition) is 4. The van der Waals surface area contributed by atoms with Crippen LogP contribution in [-0.2, 0) is 26.2 Å². The van der Waals surface area contributed by atoms with Gasteiger partial charge < -0.3 is 9.47 Å². The number of likely N-dealkylation sites (tertiary alicyclic amines) is 1. The van der Waals surface area contributed by atoms with E-state index in [9.17, 15) is 9.59 Å². The molecule has 2 heterocycles. The van der Waals surface area contributed by atoms with Gasteiger partial charge >= 0.3 is 5.97 Å². The van der Waals surface area contributed by atoms with E-state index in [1.54, 1.807) is 0 Å². The van der Waals surface area contributed by atoms with E-state index in [4.69, 9.17) is 9.47 Å². The fourth-order valence-corrected chi connectivity index (χ4v) is 6.34. The standard InChI is InChI=1S/C21H26NO4/c1-12-4-5-14-10-16-15-6-7-17(24)20-21(15,18(14)19(12)26-20)8-9-22(16,3)11-25-13(2)23/h4-5,15-16,20H,6-11H2,1-3H3/q+1/t15-,16?,20-,21-,22-/m0/s1. The summed E-state index contributed by atoms with van der Waals surface area (Å²) in [5, 5.41) is 0. The molecule has 138 valence electrons. The average molecular weight is 356 g/mol. The van der Waals surface area contributed by atoms with Gasteiger partial charge in [0.1, 0.15) is 5.75 Å². The summed E-state index contributed by atoms with van der Waals surface area (Å²) in [6.45, 7) is 4.89. The van der Waals surface area contributed by atoms with Crippen molar-refractivity contribution in [2.75, 3.05) is 20.3 Å². The maximum absolute atomic E-state index is 12.8. The van der Waals surface area contributed by atoms with Gasteiger partial charge in [-0.15, -0.1) is 0 Å². The molecule has 1 spiro atoms. The fourth-order valence-electron chi connectivity index (χ4n) is 6.34. The molecule has 5 rings (SSSR count). The molecule has 1 aromatic rings. The normalized spacial score (nSPS) is 39.2. The summed E-state index contributed by atoms with van der Waals surface area (Å²) in [4.78, 5) is 24.2. The number of esters is 1. The minimum absolute atomic E-state index is 0.164. The van der Waals surface area contributed by atoms with Crippen molar-refractivity contribution in [2.45, 2.75) is 57.1 Å². The number of rotatable bonds is 2. The Balaban J connectivity index is 1.66. The zero-order valence-corrected chi connectivity index (χ0v) is 15.7. The summed E-state index contributed by atoms with van der Waals surface area (Å²) >= 11 is 0. The van der Waals surface area contributed by atoms with Gasteiger partial charge in [-0.05, 0) is 24.5 Å². The maximum Gasteiger partial charge on any atom is 0.306 e. The topological polar surface area (TPSA) is 52.6 Å². The van der Waals surface area contributed by atoms with E-state index in [1.165, 1.54) is 18.1 Å². The highest BCUT2D eigenvalue weighted by Gasteiger charge is 2.69. The second-order valence-electron chi connectivity index (χ2n) is 8.88. The van der Waals surface area contributed by atoms with Gasteiger partial charge in [0.15, 0.2) is 11.9 Å². The first-order chi connectivity index (χ1) is 12.4. The molecule has 1 saturated carbocycles. The molecule has 4 aliphatic rings. The van der Waals surface area contributed by atoms with E-state index in [-0.39, 0.29) is 23.3 Å². The van der Waals surface area contributed by atoms with E-state index in [2.05, 4.69) is 26.1 Å². The van der Waals surface area contributed by atoms with E-state index in [0.29, 0.717) is 25.1 Å². The van der Waals surface area contributed by atoms with E-state index in [1.807, 2.05) is 0 Å². The molecule has 5 heteroatoms. The summed E-state index contributed by atoms with van der Waals surface area (Å²) in [5.41, 5.74) is 3.63. The molecule has 5 nitrogen and oxygen atoms in total. The van der Waals surface area contributed by atoms with Crippen LogP contribution in [0.3, 0.4) is 0 Å². The van der Waals surface area contributed by atoms with Gasteiger partial charge in [-0.3, -0.25) is 14.1 Å². The smallest absolute Gasteiger partial charge is 0.306 e. The van der Waals surface area contributed by atoms with Gasteiger partial charge in [0.05, 0.1) is 25.0 Å². The Bertz CT molecular complexity index is 834. The summed E-state index contributed by atoms with van der Waals surface area (Å²) in [7, 11) is 2.21. The molecule has 0 N–H and O–H groups in total. The molecule has 0 aromatic heterocycles. The Morgan fingerprint density at radius 2 is 2.23 bits per heavy atom. The van der Waals surface area contributed by atoms with Crippen molar-refractivity contribution in [1.29, 1.82) is 0 Å². The lowest BCUT2D eigenvalue weighted by Crippen LogP contribution is -2.72. The molecule has 1 aromatic carbocycles. The third kappa shape index (κ3) is 1.85. The number of carbonyl (C=O) groups is 2. The van der Waals surface area contributed by atoms with Crippen LogP contribution in [0.4, 0.5) is 0 Å². The van der Waals surface area contributed by atoms with Crippen molar-refractivity contribution >= 4 is 11.8 Å². The Hall–Kier alpha value is -1.88. The molecule has 1 unspecified atom stereocenters. The second-order valence-corrected chi connectivity index (χ2v) is 8.88. The van der Waals surface area contributed by atoms with Crippen LogP contribution in [0.15, 0.2) is 12.1 Å². The van der Waals surface area contributed by atoms with Gasteiger partial charge in [0.25, 0.3) is 0 Å². The van der Waals surface area contributed by atoms with Crippen LogP contribution in [0.25, 0.3) is 0 Å². The van der Waals surface area contributed by atoms with Crippen molar-refractivity contribution in [2.24, 2.45) is 5.92 Å². The number of aryl methyl sites for hydroxylation is 1. The zero-order chi connectivity index (χ0) is 18.3. The molecule has 2 bridgehead atoms. The van der Waals surface area contributed by atoms with Crippen LogP contribution in [0.1, 0.15) is 42.9 Å². The van der Waals surface area contributed by atoms with Crippen molar-refractivity contribution in [3.8, 4) is 5.75 Å². The van der Waals surface area contributed by atoms with Gasteiger partial charge in [-0.2, -0.15) is 0 Å². The first kappa shape index (κ1) is 16.3. The SMILES string of the molecule is CC(=O)OC[N@+]1(C)CC[C@]23c4c5ccc(C)c4O[C@H]2C(=O)CC[C@H]3C1C5. The molecule has 0 radical (unpaired) electrons. The van der Waals surface area contributed by atoms with E-state index >= 15 is 0 Å². The van der Waals surface area contributed by atoms with Crippen LogP contribution in [-0.4, -0.2) is 48.7 Å². The van der Waals surface area contributed by atoms with Crippen LogP contribution in [0.2, 0.25) is 0 Å². The van der Waals surface area contributed by atoms with Crippen molar-refractivity contribution < 1.29 is 23.5 Å². The Morgan fingerprint density at radius 1 is 1.42 bits per heavy atom. The van der Waals surface area contributed by atoms with E-state index in [0.717, 1.165) is 41.6 Å². The number of quaternary nitrogens is 1. The second kappa shape index (κ2) is 5.10. The lowest BCUT2D eigenvalue weighted by Gasteiger charge is -2.59. The fraction of sp³-hybridized carbons (Fsp3) is 0.619. The molecule has 2 fully saturated rings. The Morgan fingerprint density at radius 3 is 3.00 bits per heavy atom. The highest BCUT2D eigenvalue weighted by molar-refractivity contribution is 5.88. The quantitative estimate of drug-likeness (QED) is 0.603. The molecule has 1 saturated heterocycles. The number of hydrogen-bond donors (Lipinski definition) is 0.